The molecule has 1 aromatic carbocycles. The number of halogens is 1. The van der Waals surface area contributed by atoms with E-state index in [-0.39, 0.29) is 11.9 Å². The predicted molar refractivity (Wildman–Crippen MR) is 76.0 cm³/mol. The molecule has 94 valence electrons. The number of benzene rings is 1. The third kappa shape index (κ3) is 3.34. The maximum absolute atomic E-state index is 11.9. The maximum Gasteiger partial charge on any atom is 0.224 e. The Balaban J connectivity index is 1.97. The second kappa shape index (κ2) is 6.03. The first kappa shape index (κ1) is 13.1. The quantitative estimate of drug-likeness (QED) is 0.906. The van der Waals surface area contributed by atoms with Gasteiger partial charge in [-0.05, 0) is 40.9 Å². The molecule has 2 aromatic rings. The molecule has 0 saturated carbocycles. The normalized spacial score (nSPS) is 12.1. The Kier molecular flexibility index (Phi) is 4.39. The van der Waals surface area contributed by atoms with E-state index in [1.807, 2.05) is 48.0 Å². The van der Waals surface area contributed by atoms with E-state index in [1.54, 1.807) is 11.3 Å². The van der Waals surface area contributed by atoms with Crippen LogP contribution in [-0.2, 0) is 11.2 Å². The Bertz CT molecular complexity index is 524. The predicted octanol–water partition coefficient (Wildman–Crippen LogP) is 3.82. The summed E-state index contributed by atoms with van der Waals surface area (Å²) in [6.45, 7) is 1.94. The van der Waals surface area contributed by atoms with Crippen molar-refractivity contribution in [1.82, 2.24) is 5.32 Å². The topological polar surface area (TPSA) is 29.1 Å². The summed E-state index contributed by atoms with van der Waals surface area (Å²) in [4.78, 5) is 11.9. The number of thiophene rings is 1. The summed E-state index contributed by atoms with van der Waals surface area (Å²) < 4.78 is 0. The molecule has 1 atom stereocenters. The van der Waals surface area contributed by atoms with E-state index < -0.39 is 0 Å². The van der Waals surface area contributed by atoms with Crippen LogP contribution in [0.25, 0.3) is 0 Å². The lowest BCUT2D eigenvalue weighted by Gasteiger charge is -2.15. The Hall–Kier alpha value is -1.32. The molecule has 0 aliphatic heterocycles. The molecule has 1 heterocycles. The molecule has 18 heavy (non-hydrogen) atoms. The van der Waals surface area contributed by atoms with Gasteiger partial charge in [-0.25, -0.2) is 0 Å². The molecule has 0 aliphatic rings. The molecule has 1 N–H and O–H groups in total. The highest BCUT2D eigenvalue weighted by Crippen LogP contribution is 2.22. The minimum atomic E-state index is -0.0789. The van der Waals surface area contributed by atoms with Gasteiger partial charge in [-0.15, -0.1) is 0 Å². The summed E-state index contributed by atoms with van der Waals surface area (Å²) in [6, 6.07) is 9.44. The summed E-state index contributed by atoms with van der Waals surface area (Å²) in [7, 11) is 0. The zero-order valence-corrected chi connectivity index (χ0v) is 11.6. The van der Waals surface area contributed by atoms with Crippen molar-refractivity contribution in [3.63, 3.8) is 0 Å². The van der Waals surface area contributed by atoms with E-state index >= 15 is 0 Å². The van der Waals surface area contributed by atoms with Crippen molar-refractivity contribution in [2.75, 3.05) is 0 Å². The molecular formula is C14H14ClNOS. The van der Waals surface area contributed by atoms with Crippen molar-refractivity contribution in [3.05, 3.63) is 57.2 Å². The molecule has 0 bridgehead atoms. The molecule has 0 radical (unpaired) electrons. The van der Waals surface area contributed by atoms with Crippen molar-refractivity contribution < 1.29 is 4.79 Å². The van der Waals surface area contributed by atoms with Gasteiger partial charge in [0.15, 0.2) is 0 Å². The Morgan fingerprint density at radius 2 is 2.17 bits per heavy atom. The van der Waals surface area contributed by atoms with Crippen LogP contribution in [-0.4, -0.2) is 5.91 Å². The largest absolute Gasteiger partial charge is 0.349 e. The van der Waals surface area contributed by atoms with Crippen LogP contribution in [0.15, 0.2) is 41.1 Å². The van der Waals surface area contributed by atoms with E-state index in [2.05, 4.69) is 5.32 Å². The highest BCUT2D eigenvalue weighted by molar-refractivity contribution is 7.07. The van der Waals surface area contributed by atoms with Crippen LogP contribution in [0.2, 0.25) is 5.02 Å². The Labute approximate surface area is 116 Å². The van der Waals surface area contributed by atoms with Crippen LogP contribution in [0.4, 0.5) is 0 Å². The first-order chi connectivity index (χ1) is 8.66. The molecule has 2 nitrogen and oxygen atoms in total. The fourth-order valence-corrected chi connectivity index (χ4v) is 2.74. The van der Waals surface area contributed by atoms with Crippen LogP contribution in [0, 0.1) is 0 Å². The second-order valence-electron chi connectivity index (χ2n) is 4.12. The average Bonchev–Trinajstić information content (AvgIpc) is 2.82. The second-order valence-corrected chi connectivity index (χ2v) is 5.31. The van der Waals surface area contributed by atoms with E-state index in [0.29, 0.717) is 11.4 Å². The fourth-order valence-electron chi connectivity index (χ4n) is 1.78. The van der Waals surface area contributed by atoms with Gasteiger partial charge in [-0.2, -0.15) is 11.3 Å². The van der Waals surface area contributed by atoms with Crippen LogP contribution >= 0.6 is 22.9 Å². The lowest BCUT2D eigenvalue weighted by Crippen LogP contribution is -2.28. The van der Waals surface area contributed by atoms with Gasteiger partial charge < -0.3 is 5.32 Å². The van der Waals surface area contributed by atoms with Crippen molar-refractivity contribution >= 4 is 28.8 Å². The van der Waals surface area contributed by atoms with Crippen LogP contribution in [0.3, 0.4) is 0 Å². The van der Waals surface area contributed by atoms with Gasteiger partial charge in [0.2, 0.25) is 5.91 Å². The van der Waals surface area contributed by atoms with Crippen LogP contribution < -0.4 is 5.32 Å². The highest BCUT2D eigenvalue weighted by atomic mass is 35.5. The molecule has 0 saturated heterocycles. The van der Waals surface area contributed by atoms with Gasteiger partial charge in [0, 0.05) is 5.02 Å². The smallest absolute Gasteiger partial charge is 0.224 e. The molecule has 0 spiro atoms. The van der Waals surface area contributed by atoms with E-state index in [9.17, 15) is 4.79 Å². The molecule has 0 aliphatic carbocycles. The summed E-state index contributed by atoms with van der Waals surface area (Å²) in [5.74, 6) is 0.0146. The Morgan fingerprint density at radius 3 is 2.83 bits per heavy atom. The number of carbonyl (C=O) groups excluding carboxylic acids is 1. The summed E-state index contributed by atoms with van der Waals surface area (Å²) >= 11 is 7.69. The van der Waals surface area contributed by atoms with Crippen LogP contribution in [0.1, 0.15) is 24.1 Å². The first-order valence-corrected chi connectivity index (χ1v) is 7.04. The number of rotatable bonds is 4. The molecule has 4 heteroatoms. The van der Waals surface area contributed by atoms with E-state index in [1.165, 1.54) is 0 Å². The zero-order valence-electron chi connectivity index (χ0n) is 10.0. The molecule has 1 unspecified atom stereocenters. The van der Waals surface area contributed by atoms with Gasteiger partial charge in [0.1, 0.15) is 0 Å². The SMILES string of the molecule is CC(NC(=O)Cc1ccsc1)c1ccccc1Cl. The number of nitrogens with one attached hydrogen (secondary N) is 1. The van der Waals surface area contributed by atoms with E-state index in [4.69, 9.17) is 11.6 Å². The highest BCUT2D eigenvalue weighted by Gasteiger charge is 2.12. The van der Waals surface area contributed by atoms with E-state index in [0.717, 1.165) is 11.1 Å². The van der Waals surface area contributed by atoms with Crippen molar-refractivity contribution in [2.45, 2.75) is 19.4 Å². The van der Waals surface area contributed by atoms with Crippen molar-refractivity contribution in [1.29, 1.82) is 0 Å². The number of carbonyl (C=O) groups is 1. The van der Waals surface area contributed by atoms with Gasteiger partial charge in [0.05, 0.1) is 12.5 Å². The molecule has 0 fully saturated rings. The van der Waals surface area contributed by atoms with Crippen LogP contribution in [0.5, 0.6) is 0 Å². The number of hydrogen-bond acceptors (Lipinski definition) is 2. The third-order valence-corrected chi connectivity index (χ3v) is 3.77. The zero-order chi connectivity index (χ0) is 13.0. The third-order valence-electron chi connectivity index (χ3n) is 2.69. The molecule has 1 amide bonds. The average molecular weight is 280 g/mol. The summed E-state index contributed by atoms with van der Waals surface area (Å²) in [6.07, 6.45) is 0.415. The summed E-state index contributed by atoms with van der Waals surface area (Å²) in [5, 5.41) is 7.60. The van der Waals surface area contributed by atoms with Crippen molar-refractivity contribution in [2.24, 2.45) is 0 Å². The maximum atomic E-state index is 11.9. The standard InChI is InChI=1S/C14H14ClNOS/c1-10(12-4-2-3-5-13(12)15)16-14(17)8-11-6-7-18-9-11/h2-7,9-10H,8H2,1H3,(H,16,17). The minimum Gasteiger partial charge on any atom is -0.349 e. The monoisotopic (exact) mass is 279 g/mol. The lowest BCUT2D eigenvalue weighted by molar-refractivity contribution is -0.121. The Morgan fingerprint density at radius 1 is 1.39 bits per heavy atom. The first-order valence-electron chi connectivity index (χ1n) is 5.71. The fraction of sp³-hybridized carbons (Fsp3) is 0.214. The minimum absolute atomic E-state index is 0.0146. The molecular weight excluding hydrogens is 266 g/mol. The van der Waals surface area contributed by atoms with Gasteiger partial charge in [-0.3, -0.25) is 4.79 Å². The summed E-state index contributed by atoms with van der Waals surface area (Å²) in [5.41, 5.74) is 1.99. The van der Waals surface area contributed by atoms with Gasteiger partial charge in [-0.1, -0.05) is 29.8 Å². The van der Waals surface area contributed by atoms with Gasteiger partial charge in [0.25, 0.3) is 0 Å². The lowest BCUT2D eigenvalue weighted by atomic mass is 10.1. The molecule has 2 rings (SSSR count). The van der Waals surface area contributed by atoms with Crippen molar-refractivity contribution in [3.8, 4) is 0 Å². The molecule has 1 aromatic heterocycles. The number of hydrogen-bond donors (Lipinski definition) is 1. The number of amides is 1. The van der Waals surface area contributed by atoms with Gasteiger partial charge >= 0.3 is 0 Å².